The Labute approximate surface area is 105 Å². The highest BCUT2D eigenvalue weighted by atomic mass is 16.4. The fourth-order valence-corrected chi connectivity index (χ4v) is 1.31. The predicted octanol–water partition coefficient (Wildman–Crippen LogP) is -1.01. The van der Waals surface area contributed by atoms with E-state index in [4.69, 9.17) is 11.5 Å². The molecular weight excluding hydrogens is 238 g/mol. The molecule has 7 nitrogen and oxygen atoms in total. The highest BCUT2D eigenvalue weighted by Crippen LogP contribution is 2.18. The maximum atomic E-state index is 11.4. The Balaban J connectivity index is 2.32. The summed E-state index contributed by atoms with van der Waals surface area (Å²) >= 11 is 0. The van der Waals surface area contributed by atoms with Crippen molar-refractivity contribution in [1.82, 2.24) is 15.5 Å². The Morgan fingerprint density at radius 1 is 1.33 bits per heavy atom. The predicted molar refractivity (Wildman–Crippen MR) is 62.6 cm³/mol. The van der Waals surface area contributed by atoms with Crippen LogP contribution in [0.3, 0.4) is 0 Å². The molecule has 3 N–H and O–H groups in total. The van der Waals surface area contributed by atoms with Crippen LogP contribution in [0.5, 0.6) is 0 Å². The summed E-state index contributed by atoms with van der Waals surface area (Å²) in [7, 11) is 0. The second kappa shape index (κ2) is 6.61. The molecule has 0 aromatic heterocycles. The first kappa shape index (κ1) is 14.0. The fourth-order valence-electron chi connectivity index (χ4n) is 1.31. The molecule has 98 valence electrons. The van der Waals surface area contributed by atoms with E-state index in [1.807, 2.05) is 0 Å². The van der Waals surface area contributed by atoms with Gasteiger partial charge >= 0.3 is 12.0 Å². The van der Waals surface area contributed by atoms with Crippen molar-refractivity contribution in [3.63, 3.8) is 0 Å². The van der Waals surface area contributed by atoms with Gasteiger partial charge in [-0.2, -0.15) is 0 Å². The topological polar surface area (TPSA) is 98.7 Å². The second-order valence-electron chi connectivity index (χ2n) is 4.04. The Bertz CT molecular complexity index is 384. The normalized spacial score (nSPS) is 13.8. The fraction of sp³-hybridized carbons (Fsp3) is 0.545. The Morgan fingerprint density at radius 2 is 2.00 bits per heavy atom. The Kier molecular flexibility index (Phi) is 5.14. The number of aliphatic carboxylic acids is 1. The lowest BCUT2D eigenvalue weighted by Crippen LogP contribution is -2.46. The van der Waals surface area contributed by atoms with Gasteiger partial charge in [0.05, 0.1) is 19.6 Å². The lowest BCUT2D eigenvalue weighted by Gasteiger charge is -2.16. The van der Waals surface area contributed by atoms with Crippen LogP contribution < -0.4 is 10.6 Å². The van der Waals surface area contributed by atoms with Gasteiger partial charge in [0.1, 0.15) is 0 Å². The number of nitrogens with one attached hydrogen (secondary N) is 2. The summed E-state index contributed by atoms with van der Waals surface area (Å²) in [4.78, 5) is 34.5. The Hall–Kier alpha value is -2.07. The molecule has 18 heavy (non-hydrogen) atoms. The standard InChI is InChI=1S/C11H15N3O4/c1-2-5-14(7-10(16)17)6-9(15)13-11(18)12-8-3-4-8/h1,8H,3-7H2,(H,16,17)(H2,12,13,15,18). The van der Waals surface area contributed by atoms with Crippen molar-refractivity contribution in [2.24, 2.45) is 0 Å². The van der Waals surface area contributed by atoms with Crippen molar-refractivity contribution in [1.29, 1.82) is 0 Å². The van der Waals surface area contributed by atoms with E-state index in [1.165, 1.54) is 4.90 Å². The van der Waals surface area contributed by atoms with E-state index in [2.05, 4.69) is 16.6 Å². The summed E-state index contributed by atoms with van der Waals surface area (Å²) in [5.41, 5.74) is 0. The number of urea groups is 1. The molecule has 1 saturated carbocycles. The largest absolute Gasteiger partial charge is 0.480 e. The number of carbonyl (C=O) groups is 3. The molecule has 7 heteroatoms. The van der Waals surface area contributed by atoms with Crippen LogP contribution in [0, 0.1) is 12.3 Å². The van der Waals surface area contributed by atoms with Gasteiger partial charge in [-0.05, 0) is 12.8 Å². The number of carboxylic acid groups (broad SMARTS) is 1. The summed E-state index contributed by atoms with van der Waals surface area (Å²) in [5.74, 6) is 0.594. The van der Waals surface area contributed by atoms with E-state index in [9.17, 15) is 14.4 Å². The van der Waals surface area contributed by atoms with E-state index >= 15 is 0 Å². The molecule has 0 bridgehead atoms. The van der Waals surface area contributed by atoms with Crippen LogP contribution in [0.25, 0.3) is 0 Å². The van der Waals surface area contributed by atoms with Crippen LogP contribution in [0.4, 0.5) is 4.79 Å². The number of terminal acetylenes is 1. The average molecular weight is 253 g/mol. The first-order valence-corrected chi connectivity index (χ1v) is 5.49. The minimum absolute atomic E-state index is 0.0317. The van der Waals surface area contributed by atoms with Gasteiger partial charge in [0.15, 0.2) is 0 Å². The second-order valence-corrected chi connectivity index (χ2v) is 4.04. The minimum atomic E-state index is -1.08. The molecule has 0 aliphatic heterocycles. The molecule has 0 spiro atoms. The average Bonchev–Trinajstić information content (AvgIpc) is 3.00. The van der Waals surface area contributed by atoms with E-state index < -0.39 is 17.9 Å². The zero-order valence-corrected chi connectivity index (χ0v) is 9.81. The zero-order chi connectivity index (χ0) is 13.5. The molecule has 0 unspecified atom stereocenters. The number of carboxylic acids is 1. The summed E-state index contributed by atoms with van der Waals surface area (Å²) in [5, 5.41) is 13.3. The smallest absolute Gasteiger partial charge is 0.321 e. The molecule has 0 heterocycles. The molecule has 1 rings (SSSR count). The van der Waals surface area contributed by atoms with Gasteiger partial charge in [-0.25, -0.2) is 4.79 Å². The van der Waals surface area contributed by atoms with Gasteiger partial charge in [-0.1, -0.05) is 5.92 Å². The van der Waals surface area contributed by atoms with Crippen molar-refractivity contribution in [2.75, 3.05) is 19.6 Å². The number of hydrogen-bond donors (Lipinski definition) is 3. The van der Waals surface area contributed by atoms with Crippen LogP contribution in [0.2, 0.25) is 0 Å². The molecule has 0 aromatic rings. The van der Waals surface area contributed by atoms with Crippen LogP contribution in [0.15, 0.2) is 0 Å². The molecule has 1 aliphatic rings. The van der Waals surface area contributed by atoms with Gasteiger partial charge < -0.3 is 10.4 Å². The van der Waals surface area contributed by atoms with Gasteiger partial charge in [-0.15, -0.1) is 6.42 Å². The van der Waals surface area contributed by atoms with E-state index in [1.54, 1.807) is 0 Å². The summed E-state index contributed by atoms with van der Waals surface area (Å²) in [6, 6.07) is -0.405. The first-order valence-electron chi connectivity index (χ1n) is 5.49. The van der Waals surface area contributed by atoms with Crippen molar-refractivity contribution in [2.45, 2.75) is 18.9 Å². The van der Waals surface area contributed by atoms with Crippen LogP contribution in [0.1, 0.15) is 12.8 Å². The Morgan fingerprint density at radius 3 is 2.50 bits per heavy atom. The summed E-state index contributed by atoms with van der Waals surface area (Å²) in [6.07, 6.45) is 6.90. The van der Waals surface area contributed by atoms with Gasteiger partial charge in [0, 0.05) is 6.04 Å². The number of hydrogen-bond acceptors (Lipinski definition) is 4. The highest BCUT2D eigenvalue weighted by molar-refractivity contribution is 5.95. The SMILES string of the molecule is C#CCN(CC(=O)O)CC(=O)NC(=O)NC1CC1. The van der Waals surface area contributed by atoms with E-state index in [-0.39, 0.29) is 25.7 Å². The van der Waals surface area contributed by atoms with Crippen molar-refractivity contribution in [3.05, 3.63) is 0 Å². The molecular formula is C11H15N3O4. The first-order chi connectivity index (χ1) is 8.51. The third kappa shape index (κ3) is 5.86. The van der Waals surface area contributed by atoms with Crippen LogP contribution >= 0.6 is 0 Å². The molecule has 1 fully saturated rings. The summed E-state index contributed by atoms with van der Waals surface area (Å²) in [6.45, 7) is -0.541. The van der Waals surface area contributed by atoms with Crippen molar-refractivity contribution in [3.8, 4) is 12.3 Å². The molecule has 0 atom stereocenters. The summed E-state index contributed by atoms with van der Waals surface area (Å²) < 4.78 is 0. The number of carbonyl (C=O) groups excluding carboxylic acids is 2. The van der Waals surface area contributed by atoms with Crippen LogP contribution in [-0.4, -0.2) is 53.6 Å². The zero-order valence-electron chi connectivity index (χ0n) is 9.81. The molecule has 0 aromatic carbocycles. The maximum absolute atomic E-state index is 11.4. The lowest BCUT2D eigenvalue weighted by atomic mass is 10.4. The van der Waals surface area contributed by atoms with Crippen molar-refractivity contribution >= 4 is 17.9 Å². The number of nitrogens with zero attached hydrogens (tertiary/aromatic N) is 1. The number of rotatable bonds is 6. The van der Waals surface area contributed by atoms with Crippen LogP contribution in [-0.2, 0) is 9.59 Å². The minimum Gasteiger partial charge on any atom is -0.480 e. The van der Waals surface area contributed by atoms with Gasteiger partial charge in [0.2, 0.25) is 5.91 Å². The molecule has 1 aliphatic carbocycles. The quantitative estimate of drug-likeness (QED) is 0.527. The van der Waals surface area contributed by atoms with E-state index in [0.29, 0.717) is 0 Å². The van der Waals surface area contributed by atoms with Crippen molar-refractivity contribution < 1.29 is 19.5 Å². The third-order valence-electron chi connectivity index (χ3n) is 2.21. The number of imide groups is 1. The molecule has 3 amide bonds. The maximum Gasteiger partial charge on any atom is 0.321 e. The van der Waals surface area contributed by atoms with Gasteiger partial charge in [0.25, 0.3) is 0 Å². The third-order valence-corrected chi connectivity index (χ3v) is 2.21. The lowest BCUT2D eigenvalue weighted by molar-refractivity contribution is -0.138. The van der Waals surface area contributed by atoms with E-state index in [0.717, 1.165) is 12.8 Å². The highest BCUT2D eigenvalue weighted by Gasteiger charge is 2.24. The number of amides is 3. The van der Waals surface area contributed by atoms with Gasteiger partial charge in [-0.3, -0.25) is 19.8 Å². The molecule has 0 radical (unpaired) electrons. The monoisotopic (exact) mass is 253 g/mol. The molecule has 0 saturated heterocycles.